The fraction of sp³-hybridized carbons (Fsp3) is 0.0952. The minimum absolute atomic E-state index is 0.283. The number of aromatic nitrogens is 2. The van der Waals surface area contributed by atoms with E-state index in [2.05, 4.69) is 287 Å². The standard InChI is InChI=1S/C84H57N3O2/c1-81(2)63-35-20-17-32-57(63)76-78(81)77-74(75-60-34-19-22-37-70(60)89-79(75)76)58-41-39-54(46-65(58)82(77,3)4)87(80-85-44-23-45-86-80)55-38-40-56-61-48-68-62(49-67(61)84(66(56)47-55,52-28-13-7-14-29-52)53-30-15-8-16-31-53)72-64(42-43-71-73(72)59-33-18-21-36-69(59)88-71)83(68,50-24-9-5-10-25-50)51-26-11-6-12-27-51/h5-49H,1-4H3. The third-order valence-electron chi connectivity index (χ3n) is 20.9. The lowest BCUT2D eigenvalue weighted by atomic mass is 9.66. The number of rotatable bonds is 7. The first-order valence-electron chi connectivity index (χ1n) is 31.0. The molecule has 89 heavy (non-hydrogen) atoms. The molecule has 0 bridgehead atoms. The van der Waals surface area contributed by atoms with E-state index in [1.54, 1.807) is 0 Å². The average molecular weight is 1140 g/mol. The quantitative estimate of drug-likeness (QED) is 0.159. The summed E-state index contributed by atoms with van der Waals surface area (Å²) in [4.78, 5) is 12.5. The smallest absolute Gasteiger partial charge is 0.234 e. The molecule has 4 aliphatic rings. The predicted octanol–water partition coefficient (Wildman–Crippen LogP) is 21.1. The zero-order valence-electron chi connectivity index (χ0n) is 49.6. The zero-order chi connectivity index (χ0) is 59.1. The highest BCUT2D eigenvalue weighted by molar-refractivity contribution is 6.21. The van der Waals surface area contributed by atoms with Crippen LogP contribution in [0.1, 0.15) is 94.5 Å². The number of anilines is 3. The van der Waals surface area contributed by atoms with Crippen molar-refractivity contribution >= 4 is 61.2 Å². The van der Waals surface area contributed by atoms with Crippen molar-refractivity contribution in [3.05, 3.63) is 340 Å². The van der Waals surface area contributed by atoms with Crippen molar-refractivity contribution in [1.82, 2.24) is 9.97 Å². The Morgan fingerprint density at radius 1 is 0.315 bits per heavy atom. The lowest BCUT2D eigenvalue weighted by Gasteiger charge is -2.36. The molecule has 0 radical (unpaired) electrons. The molecule has 15 aromatic rings. The molecule has 3 aromatic heterocycles. The highest BCUT2D eigenvalue weighted by Gasteiger charge is 2.53. The summed E-state index contributed by atoms with van der Waals surface area (Å²) >= 11 is 0. The molecule has 0 saturated heterocycles. The fourth-order valence-corrected chi connectivity index (χ4v) is 17.3. The molecule has 0 aliphatic heterocycles. The van der Waals surface area contributed by atoms with Crippen LogP contribution in [-0.2, 0) is 21.7 Å². The summed E-state index contributed by atoms with van der Waals surface area (Å²) in [6.07, 6.45) is 3.72. The number of fused-ring (bicyclic) bond motifs is 22. The van der Waals surface area contributed by atoms with E-state index in [4.69, 9.17) is 18.8 Å². The van der Waals surface area contributed by atoms with Crippen molar-refractivity contribution in [1.29, 1.82) is 0 Å². The summed E-state index contributed by atoms with van der Waals surface area (Å²) in [5, 5.41) is 4.56. The van der Waals surface area contributed by atoms with Gasteiger partial charge < -0.3 is 8.83 Å². The molecular weight excluding hydrogens is 1080 g/mol. The van der Waals surface area contributed by atoms with Gasteiger partial charge >= 0.3 is 0 Å². The van der Waals surface area contributed by atoms with Crippen LogP contribution in [0.25, 0.3) is 88.4 Å². The van der Waals surface area contributed by atoms with E-state index in [1.807, 2.05) is 18.5 Å². The monoisotopic (exact) mass is 1140 g/mol. The Balaban J connectivity index is 0.879. The second-order valence-corrected chi connectivity index (χ2v) is 25.8. The first-order valence-corrected chi connectivity index (χ1v) is 31.0. The molecular formula is C84H57N3O2. The summed E-state index contributed by atoms with van der Waals surface area (Å²) < 4.78 is 13.9. The highest BCUT2D eigenvalue weighted by Crippen LogP contribution is 2.67. The van der Waals surface area contributed by atoms with Gasteiger partial charge in [0.2, 0.25) is 5.95 Å². The van der Waals surface area contributed by atoms with E-state index in [-0.39, 0.29) is 5.41 Å². The number of para-hydroxylation sites is 2. The van der Waals surface area contributed by atoms with E-state index < -0.39 is 16.2 Å². The maximum Gasteiger partial charge on any atom is 0.234 e. The summed E-state index contributed by atoms with van der Waals surface area (Å²) in [7, 11) is 0. The van der Waals surface area contributed by atoms with Crippen LogP contribution >= 0.6 is 0 Å². The fourth-order valence-electron chi connectivity index (χ4n) is 17.3. The maximum absolute atomic E-state index is 7.06. The number of hydrogen-bond acceptors (Lipinski definition) is 5. The topological polar surface area (TPSA) is 55.3 Å². The van der Waals surface area contributed by atoms with E-state index in [1.165, 1.54) is 117 Å². The van der Waals surface area contributed by atoms with E-state index >= 15 is 0 Å². The first kappa shape index (κ1) is 50.3. The first-order chi connectivity index (χ1) is 43.7. The summed E-state index contributed by atoms with van der Waals surface area (Å²) in [6, 6.07) is 96.6. The van der Waals surface area contributed by atoms with Gasteiger partial charge in [-0.2, -0.15) is 0 Å². The van der Waals surface area contributed by atoms with Crippen LogP contribution < -0.4 is 4.90 Å². The molecule has 0 saturated carbocycles. The van der Waals surface area contributed by atoms with E-state index in [0.717, 1.165) is 49.9 Å². The maximum atomic E-state index is 7.06. The zero-order valence-corrected chi connectivity index (χ0v) is 49.6. The molecule has 3 heterocycles. The van der Waals surface area contributed by atoms with E-state index in [9.17, 15) is 0 Å². The molecule has 12 aromatic carbocycles. The second-order valence-electron chi connectivity index (χ2n) is 25.8. The van der Waals surface area contributed by atoms with Crippen molar-refractivity contribution in [2.24, 2.45) is 0 Å². The molecule has 0 atom stereocenters. The van der Waals surface area contributed by atoms with Gasteiger partial charge in [0.25, 0.3) is 0 Å². The summed E-state index contributed by atoms with van der Waals surface area (Å²) in [5.41, 5.74) is 28.1. The van der Waals surface area contributed by atoms with Crippen molar-refractivity contribution in [3.8, 4) is 44.5 Å². The molecule has 5 nitrogen and oxygen atoms in total. The van der Waals surface area contributed by atoms with Gasteiger partial charge in [-0.15, -0.1) is 0 Å². The number of hydrogen-bond donors (Lipinski definition) is 0. The Morgan fingerprint density at radius 2 is 0.787 bits per heavy atom. The van der Waals surface area contributed by atoms with Crippen LogP contribution in [0.4, 0.5) is 17.3 Å². The van der Waals surface area contributed by atoms with Crippen LogP contribution in [0.2, 0.25) is 0 Å². The van der Waals surface area contributed by atoms with Crippen LogP contribution in [0.15, 0.2) is 282 Å². The number of furan rings is 2. The minimum atomic E-state index is -0.788. The minimum Gasteiger partial charge on any atom is -0.456 e. The number of nitrogens with zero attached hydrogens (tertiary/aromatic N) is 3. The lowest BCUT2D eigenvalue weighted by Crippen LogP contribution is -2.30. The van der Waals surface area contributed by atoms with Crippen molar-refractivity contribution in [2.45, 2.75) is 49.4 Å². The summed E-state index contributed by atoms with van der Waals surface area (Å²) in [6.45, 7) is 9.66. The third kappa shape index (κ3) is 6.38. The normalized spacial score (nSPS) is 15.3. The SMILES string of the molecule is CC1(C)c2ccccc2-c2c1c1c(c3c2oc2ccccc23)-c2ccc(N(c3ccc4c(c3)C(c3ccccc3)(c3ccccc3)c3cc5c(cc3-4)C(c3ccccc3)(c3ccccc3)c3ccc4oc6ccccc6c4c3-5)c3ncccn3)cc2C1(C)C. The molecule has 5 heteroatoms. The molecule has 0 N–H and O–H groups in total. The van der Waals surface area contributed by atoms with Gasteiger partial charge in [-0.05, 0) is 166 Å². The molecule has 19 rings (SSSR count). The Bertz CT molecular complexity index is 5410. The Labute approximate surface area is 515 Å². The molecule has 0 fully saturated rings. The van der Waals surface area contributed by atoms with Gasteiger partial charge in [0.05, 0.1) is 10.8 Å². The predicted molar refractivity (Wildman–Crippen MR) is 361 cm³/mol. The molecule has 0 spiro atoms. The van der Waals surface area contributed by atoms with Crippen molar-refractivity contribution in [3.63, 3.8) is 0 Å². The lowest BCUT2D eigenvalue weighted by molar-refractivity contribution is 0.600. The number of benzene rings is 12. The van der Waals surface area contributed by atoms with Gasteiger partial charge in [-0.3, -0.25) is 4.90 Å². The van der Waals surface area contributed by atoms with E-state index in [0.29, 0.717) is 5.95 Å². The van der Waals surface area contributed by atoms with Gasteiger partial charge in [0.15, 0.2) is 0 Å². The van der Waals surface area contributed by atoms with Crippen LogP contribution in [-0.4, -0.2) is 9.97 Å². The molecule has 0 amide bonds. The summed E-state index contributed by atoms with van der Waals surface area (Å²) in [5.74, 6) is 0.587. The van der Waals surface area contributed by atoms with Gasteiger partial charge in [-0.1, -0.05) is 228 Å². The molecule has 420 valence electrons. The van der Waals surface area contributed by atoms with Crippen molar-refractivity contribution < 1.29 is 8.83 Å². The molecule has 0 unspecified atom stereocenters. The van der Waals surface area contributed by atoms with Gasteiger partial charge in [-0.25, -0.2) is 9.97 Å². The average Bonchev–Trinajstić information content (AvgIpc) is 1.52. The van der Waals surface area contributed by atoms with Crippen LogP contribution in [0.5, 0.6) is 0 Å². The van der Waals surface area contributed by atoms with Gasteiger partial charge in [0.1, 0.15) is 22.3 Å². The highest BCUT2D eigenvalue weighted by atomic mass is 16.3. The molecule has 4 aliphatic carbocycles. The Hall–Kier alpha value is -10.9. The van der Waals surface area contributed by atoms with Gasteiger partial charge in [0, 0.05) is 61.7 Å². The van der Waals surface area contributed by atoms with Crippen molar-refractivity contribution in [2.75, 3.05) is 4.90 Å². The Morgan fingerprint density at radius 3 is 1.43 bits per heavy atom. The Kier molecular flexibility index (Phi) is 10.1. The van der Waals surface area contributed by atoms with Crippen LogP contribution in [0.3, 0.4) is 0 Å². The third-order valence-corrected chi connectivity index (χ3v) is 20.9. The largest absolute Gasteiger partial charge is 0.456 e. The van der Waals surface area contributed by atoms with Crippen LogP contribution in [0, 0.1) is 0 Å². The second kappa shape index (κ2) is 17.9.